The third-order valence-corrected chi connectivity index (χ3v) is 11.8. The van der Waals surface area contributed by atoms with E-state index in [9.17, 15) is 19.0 Å². The van der Waals surface area contributed by atoms with Crippen LogP contribution in [0.15, 0.2) is 48.6 Å². The van der Waals surface area contributed by atoms with Crippen molar-refractivity contribution in [2.45, 2.75) is 238 Å². The van der Waals surface area contributed by atoms with Gasteiger partial charge in [-0.05, 0) is 77.0 Å². The Morgan fingerprint density at radius 3 is 1.32 bits per heavy atom. The monoisotopic (exact) mass is 896 g/mol. The number of nitrogens with two attached hydrogens (primary N) is 1. The van der Waals surface area contributed by atoms with Crippen LogP contribution in [0.2, 0.25) is 0 Å². The van der Waals surface area contributed by atoms with Crippen LogP contribution in [-0.4, -0.2) is 60.5 Å². The molecule has 11 heteroatoms. The molecule has 0 aromatic carbocycles. The number of hydrogen-bond donors (Lipinski definition) is 3. The van der Waals surface area contributed by atoms with Crippen LogP contribution in [0.5, 0.6) is 0 Å². The van der Waals surface area contributed by atoms with Crippen molar-refractivity contribution in [2.75, 3.05) is 26.4 Å². The summed E-state index contributed by atoms with van der Waals surface area (Å²) in [6.45, 7) is 3.85. The van der Waals surface area contributed by atoms with Gasteiger partial charge in [-0.1, -0.05) is 191 Å². The van der Waals surface area contributed by atoms with Gasteiger partial charge < -0.3 is 25.2 Å². The molecule has 62 heavy (non-hydrogen) atoms. The van der Waals surface area contributed by atoms with E-state index in [2.05, 4.69) is 62.5 Å². The van der Waals surface area contributed by atoms with Gasteiger partial charge in [-0.3, -0.25) is 18.6 Å². The highest BCUT2D eigenvalue weighted by Gasteiger charge is 2.27. The van der Waals surface area contributed by atoms with Crippen LogP contribution in [0.3, 0.4) is 0 Å². The smallest absolute Gasteiger partial charge is 0.472 e. The van der Waals surface area contributed by atoms with E-state index in [1.165, 1.54) is 135 Å². The maximum Gasteiger partial charge on any atom is 0.472 e. The molecule has 0 aliphatic carbocycles. The van der Waals surface area contributed by atoms with E-state index in [-0.39, 0.29) is 13.0 Å². The number of hydrogen-bond acceptors (Lipinski definition) is 8. The van der Waals surface area contributed by atoms with Crippen molar-refractivity contribution in [3.8, 4) is 0 Å². The minimum absolute atomic E-state index is 0.0102. The molecule has 0 aromatic heterocycles. The molecule has 0 saturated heterocycles. The molecule has 4 N–H and O–H groups in total. The summed E-state index contributed by atoms with van der Waals surface area (Å²) in [6.07, 6.45) is 56.0. The van der Waals surface area contributed by atoms with Gasteiger partial charge in [-0.2, -0.15) is 0 Å². The molecule has 0 radical (unpaired) electrons. The van der Waals surface area contributed by atoms with Crippen LogP contribution < -0.4 is 5.73 Å². The first-order valence-corrected chi connectivity index (χ1v) is 26.7. The fraction of sp³-hybridized carbons (Fsp3) is 0.804. The summed E-state index contributed by atoms with van der Waals surface area (Å²) in [5.41, 5.74) is 5.37. The SMILES string of the molecule is CCCCCC/C=C\C/C=C\CCCCCCCC(=O)OC(COCCCCCCCCCCCCCC/C=C\C/C=C\CCCCCCC)COP(=O)(O)OCC(N)C(=O)O. The van der Waals surface area contributed by atoms with E-state index >= 15 is 0 Å². The van der Waals surface area contributed by atoms with E-state index in [0.717, 1.165) is 64.2 Å². The Morgan fingerprint density at radius 1 is 0.516 bits per heavy atom. The maximum absolute atomic E-state index is 12.7. The quantitative estimate of drug-likeness (QED) is 0.0233. The number of unbranched alkanes of at least 4 members (excludes halogenated alkanes) is 26. The molecule has 0 spiro atoms. The molecular formula is C51H94NO9P. The lowest BCUT2D eigenvalue weighted by Crippen LogP contribution is -2.34. The number of esters is 1. The molecule has 0 fully saturated rings. The number of aliphatic carboxylic acids is 1. The van der Waals surface area contributed by atoms with Crippen LogP contribution in [0.1, 0.15) is 226 Å². The Kier molecular flexibility index (Phi) is 45.3. The summed E-state index contributed by atoms with van der Waals surface area (Å²) < 4.78 is 33.5. The third-order valence-electron chi connectivity index (χ3n) is 10.8. The fourth-order valence-corrected chi connectivity index (χ4v) is 7.68. The minimum Gasteiger partial charge on any atom is -0.480 e. The number of carboxylic acid groups (broad SMARTS) is 1. The van der Waals surface area contributed by atoms with Crippen molar-refractivity contribution >= 4 is 19.8 Å². The van der Waals surface area contributed by atoms with E-state index in [1.807, 2.05) is 0 Å². The van der Waals surface area contributed by atoms with Crippen LogP contribution in [0, 0.1) is 0 Å². The highest BCUT2D eigenvalue weighted by atomic mass is 31.2. The lowest BCUT2D eigenvalue weighted by atomic mass is 10.0. The summed E-state index contributed by atoms with van der Waals surface area (Å²) in [5.74, 6) is -1.79. The Morgan fingerprint density at radius 2 is 0.887 bits per heavy atom. The van der Waals surface area contributed by atoms with Crippen molar-refractivity contribution in [1.29, 1.82) is 0 Å². The fourth-order valence-electron chi connectivity index (χ4n) is 6.90. The number of carbonyl (C=O) groups excluding carboxylic acids is 1. The lowest BCUT2D eigenvalue weighted by Gasteiger charge is -2.20. The van der Waals surface area contributed by atoms with Crippen LogP contribution in [0.25, 0.3) is 0 Å². The van der Waals surface area contributed by atoms with Gasteiger partial charge in [0.15, 0.2) is 0 Å². The van der Waals surface area contributed by atoms with E-state index in [1.54, 1.807) is 0 Å². The van der Waals surface area contributed by atoms with Crippen molar-refractivity contribution in [3.05, 3.63) is 48.6 Å². The maximum atomic E-state index is 12.7. The molecule has 3 atom stereocenters. The van der Waals surface area contributed by atoms with Gasteiger partial charge >= 0.3 is 19.8 Å². The molecule has 0 heterocycles. The molecule has 0 aliphatic heterocycles. The van der Waals surface area contributed by atoms with Gasteiger partial charge in [0.1, 0.15) is 12.1 Å². The zero-order valence-corrected chi connectivity index (χ0v) is 40.6. The standard InChI is InChI=1S/C51H94NO9P/c1-3-5-7-9-11-13-15-17-19-21-22-23-24-25-26-27-28-30-32-34-36-38-40-42-44-58-45-48(46-59-62(56,57)60-47-49(52)51(54)55)61-50(53)43-41-39-37-35-33-31-29-20-18-16-14-12-10-8-6-4-2/h14-17,20-22,29,48-49H,3-13,18-19,23-28,30-47,52H2,1-2H3,(H,54,55)(H,56,57)/b16-14-,17-15-,22-21-,29-20-. The molecule has 0 aliphatic rings. The van der Waals surface area contributed by atoms with Gasteiger partial charge in [0.25, 0.3) is 0 Å². The average Bonchev–Trinajstić information content (AvgIpc) is 3.25. The van der Waals surface area contributed by atoms with Crippen molar-refractivity contribution in [3.63, 3.8) is 0 Å². The highest BCUT2D eigenvalue weighted by Crippen LogP contribution is 2.43. The van der Waals surface area contributed by atoms with Crippen LogP contribution in [0.4, 0.5) is 0 Å². The Labute approximate surface area is 379 Å². The summed E-state index contributed by atoms with van der Waals surface area (Å²) >= 11 is 0. The third kappa shape index (κ3) is 45.9. The zero-order chi connectivity index (χ0) is 45.5. The average molecular weight is 896 g/mol. The van der Waals surface area contributed by atoms with Gasteiger partial charge in [-0.25, -0.2) is 4.57 Å². The molecular weight excluding hydrogens is 802 g/mol. The van der Waals surface area contributed by atoms with Crippen molar-refractivity contribution in [2.24, 2.45) is 5.73 Å². The van der Waals surface area contributed by atoms with Crippen LogP contribution >= 0.6 is 7.82 Å². The molecule has 362 valence electrons. The number of carbonyl (C=O) groups is 2. The van der Waals surface area contributed by atoms with E-state index in [0.29, 0.717) is 13.0 Å². The second-order valence-electron chi connectivity index (χ2n) is 16.9. The van der Waals surface area contributed by atoms with E-state index in [4.69, 9.17) is 29.4 Å². The summed E-state index contributed by atoms with van der Waals surface area (Å²) in [4.78, 5) is 33.6. The Balaban J connectivity index is 4.13. The summed E-state index contributed by atoms with van der Waals surface area (Å²) in [7, 11) is -4.63. The highest BCUT2D eigenvalue weighted by molar-refractivity contribution is 7.47. The molecule has 0 rings (SSSR count). The number of phosphoric ester groups is 1. The number of allylic oxidation sites excluding steroid dienone is 8. The number of rotatable bonds is 48. The van der Waals surface area contributed by atoms with Crippen LogP contribution in [-0.2, 0) is 32.7 Å². The predicted molar refractivity (Wildman–Crippen MR) is 258 cm³/mol. The number of carboxylic acids is 1. The minimum atomic E-state index is -4.63. The predicted octanol–water partition coefficient (Wildman–Crippen LogP) is 14.6. The first kappa shape index (κ1) is 59.9. The molecule has 0 saturated carbocycles. The molecule has 0 bridgehead atoms. The first-order valence-electron chi connectivity index (χ1n) is 25.2. The van der Waals surface area contributed by atoms with Gasteiger partial charge in [-0.15, -0.1) is 0 Å². The van der Waals surface area contributed by atoms with Crippen molar-refractivity contribution in [1.82, 2.24) is 0 Å². The zero-order valence-electron chi connectivity index (χ0n) is 39.7. The second kappa shape index (κ2) is 46.9. The Bertz CT molecular complexity index is 1170. The molecule has 0 aromatic rings. The van der Waals surface area contributed by atoms with Gasteiger partial charge in [0.05, 0.1) is 19.8 Å². The normalized spacial score (nSPS) is 14.1. The first-order chi connectivity index (χ1) is 30.2. The summed E-state index contributed by atoms with van der Waals surface area (Å²) in [6, 6.07) is -1.48. The molecule has 10 nitrogen and oxygen atoms in total. The molecule has 3 unspecified atom stereocenters. The van der Waals surface area contributed by atoms with E-state index < -0.39 is 45.1 Å². The lowest BCUT2D eigenvalue weighted by molar-refractivity contribution is -0.154. The van der Waals surface area contributed by atoms with Gasteiger partial charge in [0.2, 0.25) is 0 Å². The topological polar surface area (TPSA) is 155 Å². The van der Waals surface area contributed by atoms with Crippen molar-refractivity contribution < 1.29 is 42.7 Å². The largest absolute Gasteiger partial charge is 0.480 e. The Hall–Kier alpha value is -2.07. The van der Waals surface area contributed by atoms with Gasteiger partial charge in [0, 0.05) is 13.0 Å². The number of ether oxygens (including phenoxy) is 2. The number of phosphoric acid groups is 1. The second-order valence-corrected chi connectivity index (χ2v) is 18.4. The summed E-state index contributed by atoms with van der Waals surface area (Å²) in [5, 5.41) is 8.92. The molecule has 0 amide bonds.